The quantitative estimate of drug-likeness (QED) is 0.763. The van der Waals surface area contributed by atoms with E-state index in [4.69, 9.17) is 0 Å². The molecule has 0 N–H and O–H groups in total. The predicted molar refractivity (Wildman–Crippen MR) is 70.4 cm³/mol. The molecule has 2 nitrogen and oxygen atoms in total. The summed E-state index contributed by atoms with van der Waals surface area (Å²) < 4.78 is 0. The van der Waals surface area contributed by atoms with Gasteiger partial charge in [-0.1, -0.05) is 30.3 Å². The Morgan fingerprint density at radius 2 is 1.59 bits per heavy atom. The highest BCUT2D eigenvalue weighted by Gasteiger charge is 2.13. The van der Waals surface area contributed by atoms with E-state index in [0.717, 1.165) is 16.9 Å². The molecule has 0 atom stereocenters. The number of aryl methyl sites for hydroxylation is 1. The highest BCUT2D eigenvalue weighted by molar-refractivity contribution is 5.99. The van der Waals surface area contributed by atoms with Crippen LogP contribution in [-0.4, -0.2) is 5.91 Å². The van der Waals surface area contributed by atoms with Crippen LogP contribution < -0.4 is 4.90 Å². The van der Waals surface area contributed by atoms with E-state index < -0.39 is 0 Å². The Balaban J connectivity index is 2.47. The first-order chi connectivity index (χ1) is 8.18. The van der Waals surface area contributed by atoms with E-state index in [0.29, 0.717) is 0 Å². The second kappa shape index (κ2) is 4.83. The molecule has 2 rings (SSSR count). The normalized spacial score (nSPS) is 10.0. The molecule has 2 heteroatoms. The fraction of sp³-hybridized carbons (Fsp3) is 0.133. The zero-order chi connectivity index (χ0) is 12.3. The van der Waals surface area contributed by atoms with Gasteiger partial charge in [-0.3, -0.25) is 9.69 Å². The number of rotatable bonds is 2. The van der Waals surface area contributed by atoms with Crippen molar-refractivity contribution in [1.29, 1.82) is 0 Å². The third-order valence-corrected chi connectivity index (χ3v) is 2.59. The Morgan fingerprint density at radius 1 is 0.941 bits per heavy atom. The average molecular weight is 225 g/mol. The summed E-state index contributed by atoms with van der Waals surface area (Å²) in [5, 5.41) is 0. The van der Waals surface area contributed by atoms with E-state index in [2.05, 4.69) is 0 Å². The summed E-state index contributed by atoms with van der Waals surface area (Å²) in [7, 11) is 0. The molecule has 0 unspecified atom stereocenters. The van der Waals surface area contributed by atoms with Gasteiger partial charge in [0.2, 0.25) is 5.91 Å². The first-order valence-electron chi connectivity index (χ1n) is 5.61. The lowest BCUT2D eigenvalue weighted by Gasteiger charge is -2.21. The van der Waals surface area contributed by atoms with Crippen LogP contribution in [0, 0.1) is 6.92 Å². The van der Waals surface area contributed by atoms with Crippen molar-refractivity contribution in [3.8, 4) is 0 Å². The lowest BCUT2D eigenvalue weighted by Crippen LogP contribution is -2.22. The van der Waals surface area contributed by atoms with Gasteiger partial charge in [-0.2, -0.15) is 0 Å². The van der Waals surface area contributed by atoms with Gasteiger partial charge in [0.25, 0.3) is 0 Å². The van der Waals surface area contributed by atoms with Crippen molar-refractivity contribution in [2.75, 3.05) is 4.90 Å². The van der Waals surface area contributed by atoms with E-state index >= 15 is 0 Å². The Hall–Kier alpha value is -2.09. The highest BCUT2D eigenvalue weighted by atomic mass is 16.2. The number of anilines is 2. The molecule has 0 saturated heterocycles. The molecule has 0 aliphatic rings. The summed E-state index contributed by atoms with van der Waals surface area (Å²) in [4.78, 5) is 13.5. The first kappa shape index (κ1) is 11.4. The van der Waals surface area contributed by atoms with Gasteiger partial charge in [-0.15, -0.1) is 0 Å². The number of hydrogen-bond acceptors (Lipinski definition) is 1. The largest absolute Gasteiger partial charge is 0.281 e. The molecule has 0 aliphatic carbocycles. The van der Waals surface area contributed by atoms with Crippen LogP contribution in [-0.2, 0) is 4.79 Å². The molecular formula is C15H15NO. The lowest BCUT2D eigenvalue weighted by molar-refractivity contribution is -0.115. The third-order valence-electron chi connectivity index (χ3n) is 2.59. The summed E-state index contributed by atoms with van der Waals surface area (Å²) in [6, 6.07) is 17.6. The molecule has 0 saturated carbocycles. The molecule has 86 valence electrons. The van der Waals surface area contributed by atoms with E-state index in [1.165, 1.54) is 0 Å². The lowest BCUT2D eigenvalue weighted by atomic mass is 10.2. The minimum atomic E-state index is 0.0156. The minimum absolute atomic E-state index is 0.0156. The van der Waals surface area contributed by atoms with Gasteiger partial charge in [0, 0.05) is 18.3 Å². The fourth-order valence-corrected chi connectivity index (χ4v) is 1.86. The minimum Gasteiger partial charge on any atom is -0.281 e. The number of carbonyl (C=O) groups is 1. The van der Waals surface area contributed by atoms with E-state index in [-0.39, 0.29) is 5.91 Å². The Morgan fingerprint density at radius 3 is 2.18 bits per heavy atom. The van der Waals surface area contributed by atoms with Crippen molar-refractivity contribution in [3.63, 3.8) is 0 Å². The molecule has 0 fully saturated rings. The fourth-order valence-electron chi connectivity index (χ4n) is 1.86. The number of benzene rings is 2. The second-order valence-electron chi connectivity index (χ2n) is 4.03. The Kier molecular flexibility index (Phi) is 3.24. The number of para-hydroxylation sites is 1. The molecule has 2 aromatic rings. The predicted octanol–water partition coefficient (Wildman–Crippen LogP) is 3.68. The molecule has 1 amide bonds. The summed E-state index contributed by atoms with van der Waals surface area (Å²) >= 11 is 0. The van der Waals surface area contributed by atoms with Gasteiger partial charge >= 0.3 is 0 Å². The summed E-state index contributed by atoms with van der Waals surface area (Å²) in [6.07, 6.45) is 0. The van der Waals surface area contributed by atoms with Crippen molar-refractivity contribution in [2.24, 2.45) is 0 Å². The average Bonchev–Trinajstić information content (AvgIpc) is 2.30. The van der Waals surface area contributed by atoms with E-state index in [1.807, 2.05) is 61.5 Å². The van der Waals surface area contributed by atoms with Gasteiger partial charge in [0.15, 0.2) is 0 Å². The van der Waals surface area contributed by atoms with Gasteiger partial charge in [-0.25, -0.2) is 0 Å². The van der Waals surface area contributed by atoms with Crippen molar-refractivity contribution in [2.45, 2.75) is 13.8 Å². The SMILES string of the molecule is CC(=O)N(c1ccccc1)c1cccc(C)c1. The van der Waals surface area contributed by atoms with Crippen LogP contribution in [0.5, 0.6) is 0 Å². The van der Waals surface area contributed by atoms with Crippen LogP contribution in [0.2, 0.25) is 0 Å². The number of carbonyl (C=O) groups excluding carboxylic acids is 1. The molecule has 2 aromatic carbocycles. The topological polar surface area (TPSA) is 20.3 Å². The summed E-state index contributed by atoms with van der Waals surface area (Å²) in [6.45, 7) is 3.60. The van der Waals surface area contributed by atoms with Crippen molar-refractivity contribution in [3.05, 3.63) is 60.2 Å². The zero-order valence-corrected chi connectivity index (χ0v) is 10.1. The van der Waals surface area contributed by atoms with Gasteiger partial charge in [0.05, 0.1) is 0 Å². The van der Waals surface area contributed by atoms with Gasteiger partial charge < -0.3 is 0 Å². The first-order valence-corrected chi connectivity index (χ1v) is 5.61. The Bertz CT molecular complexity index is 519. The molecule has 0 heterocycles. The maximum atomic E-state index is 11.8. The Labute approximate surface area is 102 Å². The second-order valence-corrected chi connectivity index (χ2v) is 4.03. The molecule has 0 spiro atoms. The zero-order valence-electron chi connectivity index (χ0n) is 10.1. The van der Waals surface area contributed by atoms with Crippen LogP contribution >= 0.6 is 0 Å². The van der Waals surface area contributed by atoms with Crippen LogP contribution in [0.25, 0.3) is 0 Å². The number of amides is 1. The van der Waals surface area contributed by atoms with Crippen LogP contribution in [0.1, 0.15) is 12.5 Å². The maximum Gasteiger partial charge on any atom is 0.228 e. The van der Waals surface area contributed by atoms with E-state index in [1.54, 1.807) is 11.8 Å². The molecule has 17 heavy (non-hydrogen) atoms. The number of hydrogen-bond donors (Lipinski definition) is 0. The van der Waals surface area contributed by atoms with Gasteiger partial charge in [0.1, 0.15) is 0 Å². The van der Waals surface area contributed by atoms with Crippen molar-refractivity contribution >= 4 is 17.3 Å². The van der Waals surface area contributed by atoms with E-state index in [9.17, 15) is 4.79 Å². The van der Waals surface area contributed by atoms with Crippen molar-refractivity contribution in [1.82, 2.24) is 0 Å². The molecule has 0 bridgehead atoms. The maximum absolute atomic E-state index is 11.8. The molecule has 0 radical (unpaired) electrons. The molecule has 0 aromatic heterocycles. The van der Waals surface area contributed by atoms with Crippen LogP contribution in [0.15, 0.2) is 54.6 Å². The highest BCUT2D eigenvalue weighted by Crippen LogP contribution is 2.25. The van der Waals surface area contributed by atoms with Crippen molar-refractivity contribution < 1.29 is 4.79 Å². The smallest absolute Gasteiger partial charge is 0.228 e. The molecule has 0 aliphatic heterocycles. The standard InChI is InChI=1S/C15H15NO/c1-12-7-6-10-15(11-12)16(13(2)17)14-8-4-3-5-9-14/h3-11H,1-2H3. The number of nitrogens with zero attached hydrogens (tertiary/aromatic N) is 1. The summed E-state index contributed by atoms with van der Waals surface area (Å²) in [5.41, 5.74) is 2.94. The third kappa shape index (κ3) is 2.53. The van der Waals surface area contributed by atoms with Crippen LogP contribution in [0.4, 0.5) is 11.4 Å². The monoisotopic (exact) mass is 225 g/mol. The van der Waals surface area contributed by atoms with Crippen LogP contribution in [0.3, 0.4) is 0 Å². The summed E-state index contributed by atoms with van der Waals surface area (Å²) in [5.74, 6) is 0.0156. The molecular weight excluding hydrogens is 210 g/mol. The van der Waals surface area contributed by atoms with Gasteiger partial charge in [-0.05, 0) is 36.8 Å².